The molecule has 0 aliphatic carbocycles. The summed E-state index contributed by atoms with van der Waals surface area (Å²) in [6.07, 6.45) is 1.47. The molecule has 0 saturated heterocycles. The second kappa shape index (κ2) is 10.9. The summed E-state index contributed by atoms with van der Waals surface area (Å²) in [5.74, 6) is -0.905. The van der Waals surface area contributed by atoms with Crippen molar-refractivity contribution in [2.24, 2.45) is 5.73 Å². The number of carbonyl (C=O) groups is 2. The van der Waals surface area contributed by atoms with E-state index in [9.17, 15) is 22.8 Å². The van der Waals surface area contributed by atoms with E-state index >= 15 is 0 Å². The molecule has 1 aliphatic heterocycles. The van der Waals surface area contributed by atoms with Gasteiger partial charge in [0.05, 0.1) is 16.9 Å². The minimum Gasteiger partial charge on any atom is -0.366 e. The fourth-order valence-corrected chi connectivity index (χ4v) is 3.81. The third-order valence-electron chi connectivity index (χ3n) is 5.66. The van der Waals surface area contributed by atoms with Crippen molar-refractivity contribution in [3.63, 3.8) is 0 Å². The number of benzene rings is 2. The van der Waals surface area contributed by atoms with Crippen molar-refractivity contribution in [3.05, 3.63) is 119 Å². The average molecular weight is 506 g/mol. The average Bonchev–Trinajstić information content (AvgIpc) is 3.33. The van der Waals surface area contributed by atoms with Crippen LogP contribution in [0.4, 0.5) is 24.5 Å². The topological polar surface area (TPSA) is 101 Å². The molecule has 7 nitrogen and oxygen atoms in total. The van der Waals surface area contributed by atoms with E-state index < -0.39 is 23.6 Å². The number of fused-ring (bicyclic) bond motifs is 1. The van der Waals surface area contributed by atoms with Gasteiger partial charge in [0.15, 0.2) is 0 Å². The lowest BCUT2D eigenvalue weighted by atomic mass is 10.1. The lowest BCUT2D eigenvalue weighted by Gasteiger charge is -2.23. The van der Waals surface area contributed by atoms with Crippen LogP contribution in [-0.4, -0.2) is 21.8 Å². The molecule has 0 radical (unpaired) electrons. The van der Waals surface area contributed by atoms with E-state index in [0.717, 1.165) is 23.3 Å². The van der Waals surface area contributed by atoms with Crippen LogP contribution in [0.25, 0.3) is 0 Å². The van der Waals surface area contributed by atoms with E-state index in [4.69, 9.17) is 5.73 Å². The summed E-state index contributed by atoms with van der Waals surface area (Å²) in [5.41, 5.74) is 7.87. The van der Waals surface area contributed by atoms with Crippen molar-refractivity contribution in [1.29, 1.82) is 0 Å². The molecule has 5 rings (SSSR count). The van der Waals surface area contributed by atoms with E-state index in [-0.39, 0.29) is 5.69 Å². The number of carbonyl (C=O) groups excluding carboxylic acids is 2. The maximum Gasteiger partial charge on any atom is 0.416 e. The molecule has 0 spiro atoms. The molecule has 4 aromatic rings. The van der Waals surface area contributed by atoms with Gasteiger partial charge in [-0.25, -0.2) is 0 Å². The van der Waals surface area contributed by atoms with E-state index in [1.165, 1.54) is 43.0 Å². The van der Waals surface area contributed by atoms with Crippen molar-refractivity contribution < 1.29 is 22.8 Å². The van der Waals surface area contributed by atoms with Gasteiger partial charge in [-0.05, 0) is 53.6 Å². The first-order chi connectivity index (χ1) is 17.7. The maximum absolute atomic E-state index is 13.2. The minimum atomic E-state index is -4.50. The number of nitrogens with one attached hydrogen (secondary N) is 1. The maximum atomic E-state index is 13.2. The second-order valence-electron chi connectivity index (χ2n) is 8.14. The molecule has 0 fully saturated rings. The van der Waals surface area contributed by atoms with Gasteiger partial charge in [-0.15, -0.1) is 0 Å². The van der Waals surface area contributed by atoms with Crippen molar-refractivity contribution in [2.45, 2.75) is 19.3 Å². The summed E-state index contributed by atoms with van der Waals surface area (Å²) in [5, 5.41) is 2.63. The molecule has 188 valence electrons. The number of primary amides is 1. The smallest absolute Gasteiger partial charge is 0.366 e. The zero-order valence-electron chi connectivity index (χ0n) is 19.4. The highest BCUT2D eigenvalue weighted by molar-refractivity contribution is 6.06. The molecule has 37 heavy (non-hydrogen) atoms. The normalized spacial score (nSPS) is 12.2. The van der Waals surface area contributed by atoms with E-state index in [2.05, 4.69) is 15.3 Å². The van der Waals surface area contributed by atoms with Crippen LogP contribution in [0, 0.1) is 0 Å². The summed E-state index contributed by atoms with van der Waals surface area (Å²) >= 11 is 0. The van der Waals surface area contributed by atoms with Gasteiger partial charge in [-0.2, -0.15) is 13.2 Å². The molecule has 0 atom stereocenters. The summed E-state index contributed by atoms with van der Waals surface area (Å²) in [7, 11) is 0. The molecule has 0 unspecified atom stereocenters. The fraction of sp³-hybridized carbons (Fsp3) is 0.111. The molecule has 0 bridgehead atoms. The van der Waals surface area contributed by atoms with Gasteiger partial charge in [0, 0.05) is 49.0 Å². The molecule has 0 saturated carbocycles. The van der Waals surface area contributed by atoms with Crippen molar-refractivity contribution in [2.75, 3.05) is 10.2 Å². The fourth-order valence-electron chi connectivity index (χ4n) is 3.81. The highest BCUT2D eigenvalue weighted by Gasteiger charge is 2.32. The van der Waals surface area contributed by atoms with Gasteiger partial charge < -0.3 is 16.0 Å². The molecule has 2 aromatic heterocycles. The Morgan fingerprint density at radius 2 is 1.35 bits per heavy atom. The lowest BCUT2D eigenvalue weighted by molar-refractivity contribution is -0.137. The summed E-state index contributed by atoms with van der Waals surface area (Å²) < 4.78 is 39.7. The first kappa shape index (κ1) is 25.4. The third kappa shape index (κ3) is 6.29. The van der Waals surface area contributed by atoms with Gasteiger partial charge in [0.2, 0.25) is 5.91 Å². The Kier molecular flexibility index (Phi) is 7.47. The third-order valence-corrected chi connectivity index (χ3v) is 5.66. The van der Waals surface area contributed by atoms with Gasteiger partial charge in [0.1, 0.15) is 0 Å². The number of pyridine rings is 2. The SMILES string of the molecule is NC(=O)c1ccncc1.O=C(Nc1cc(C(F)(F)F)ccc1N1Cc2ccccc2C1)c1ccncc1. The Morgan fingerprint density at radius 1 is 0.811 bits per heavy atom. The number of anilines is 2. The number of aromatic nitrogens is 2. The summed E-state index contributed by atoms with van der Waals surface area (Å²) in [6.45, 7) is 1.14. The monoisotopic (exact) mass is 505 g/mol. The zero-order valence-corrected chi connectivity index (χ0v) is 19.4. The predicted octanol–water partition coefficient (Wildman–Crippen LogP) is 5.05. The van der Waals surface area contributed by atoms with Crippen LogP contribution >= 0.6 is 0 Å². The van der Waals surface area contributed by atoms with Crippen LogP contribution in [0.1, 0.15) is 37.4 Å². The molecular weight excluding hydrogens is 483 g/mol. The van der Waals surface area contributed by atoms with Crippen LogP contribution in [-0.2, 0) is 19.3 Å². The summed E-state index contributed by atoms with van der Waals surface area (Å²) in [4.78, 5) is 32.4. The number of halogens is 3. The van der Waals surface area contributed by atoms with E-state index in [1.807, 2.05) is 29.2 Å². The van der Waals surface area contributed by atoms with Crippen LogP contribution in [0.5, 0.6) is 0 Å². The Labute approximate surface area is 210 Å². The molecule has 2 amide bonds. The standard InChI is InChI=1S/C21H16F3N3O.C6H6N2O/c22-21(23,24)17-5-6-19(27-12-15-3-1-2-4-16(15)13-27)18(11-17)26-20(28)14-7-9-25-10-8-14;7-6(9)5-1-3-8-4-2-5/h1-11H,12-13H2,(H,26,28);1-4H,(H2,7,9). The molecule has 3 N–H and O–H groups in total. The van der Waals surface area contributed by atoms with Crippen LogP contribution in [0.15, 0.2) is 91.5 Å². The van der Waals surface area contributed by atoms with Crippen molar-refractivity contribution >= 4 is 23.2 Å². The molecule has 3 heterocycles. The lowest BCUT2D eigenvalue weighted by Crippen LogP contribution is -2.20. The second-order valence-corrected chi connectivity index (χ2v) is 8.14. The van der Waals surface area contributed by atoms with E-state index in [1.54, 1.807) is 12.1 Å². The zero-order chi connectivity index (χ0) is 26.4. The number of rotatable bonds is 4. The Balaban J connectivity index is 0.000000301. The molecular formula is C27H22F3N5O2. The Bertz CT molecular complexity index is 1370. The summed E-state index contributed by atoms with van der Waals surface area (Å²) in [6, 6.07) is 17.5. The first-order valence-electron chi connectivity index (χ1n) is 11.2. The molecule has 1 aliphatic rings. The van der Waals surface area contributed by atoms with Gasteiger partial charge >= 0.3 is 6.18 Å². The van der Waals surface area contributed by atoms with Gasteiger partial charge in [-0.3, -0.25) is 19.6 Å². The predicted molar refractivity (Wildman–Crippen MR) is 133 cm³/mol. The van der Waals surface area contributed by atoms with Gasteiger partial charge in [-0.1, -0.05) is 24.3 Å². The number of hydrogen-bond donors (Lipinski definition) is 2. The largest absolute Gasteiger partial charge is 0.416 e. The number of nitrogens with two attached hydrogens (primary N) is 1. The Hall–Kier alpha value is -4.73. The number of hydrogen-bond acceptors (Lipinski definition) is 5. The quantitative estimate of drug-likeness (QED) is 0.404. The number of nitrogens with zero attached hydrogens (tertiary/aromatic N) is 3. The van der Waals surface area contributed by atoms with Crippen molar-refractivity contribution in [1.82, 2.24) is 9.97 Å². The number of alkyl halides is 3. The first-order valence-corrected chi connectivity index (χ1v) is 11.2. The van der Waals surface area contributed by atoms with Crippen molar-refractivity contribution in [3.8, 4) is 0 Å². The minimum absolute atomic E-state index is 0.129. The Morgan fingerprint density at radius 3 is 1.84 bits per heavy atom. The highest BCUT2D eigenvalue weighted by Crippen LogP contribution is 2.38. The van der Waals surface area contributed by atoms with Gasteiger partial charge in [0.25, 0.3) is 5.91 Å². The van der Waals surface area contributed by atoms with Crippen LogP contribution in [0.2, 0.25) is 0 Å². The van der Waals surface area contributed by atoms with Crippen LogP contribution in [0.3, 0.4) is 0 Å². The number of amides is 2. The van der Waals surface area contributed by atoms with E-state index in [0.29, 0.717) is 29.9 Å². The highest BCUT2D eigenvalue weighted by atomic mass is 19.4. The van der Waals surface area contributed by atoms with Crippen LogP contribution < -0.4 is 16.0 Å². The molecule has 10 heteroatoms. The molecule has 2 aromatic carbocycles.